The number of benzene rings is 2. The molecule has 2 heterocycles. The van der Waals surface area contributed by atoms with Gasteiger partial charge in [0.15, 0.2) is 11.5 Å². The maximum atomic E-state index is 13.2. The first-order valence-corrected chi connectivity index (χ1v) is 9.51. The summed E-state index contributed by atoms with van der Waals surface area (Å²) in [5.74, 6) is 0.819. The summed E-state index contributed by atoms with van der Waals surface area (Å²) in [4.78, 5) is 21.9. The van der Waals surface area contributed by atoms with Crippen molar-refractivity contribution in [3.05, 3.63) is 77.6 Å². The van der Waals surface area contributed by atoms with E-state index in [1.54, 1.807) is 69.1 Å². The summed E-state index contributed by atoms with van der Waals surface area (Å²) in [6.45, 7) is 0. The van der Waals surface area contributed by atoms with E-state index in [-0.39, 0.29) is 5.91 Å². The fourth-order valence-corrected chi connectivity index (χ4v) is 3.34. The number of carbonyl (C=O) groups excluding carboxylic acids is 1. The molecule has 0 atom stereocenters. The number of hydrogen-bond donors (Lipinski definition) is 1. The number of ether oxygens (including phenoxy) is 2. The first-order valence-electron chi connectivity index (χ1n) is 9.13. The van der Waals surface area contributed by atoms with Gasteiger partial charge in [-0.05, 0) is 48.5 Å². The molecule has 0 saturated heterocycles. The second-order valence-corrected chi connectivity index (χ2v) is 6.91. The summed E-state index contributed by atoms with van der Waals surface area (Å²) in [5.41, 5.74) is 3.25. The zero-order valence-electron chi connectivity index (χ0n) is 16.3. The molecule has 0 bridgehead atoms. The molecule has 6 nitrogen and oxygen atoms in total. The number of aromatic nitrogens is 2. The Morgan fingerprint density at radius 3 is 2.43 bits per heavy atom. The van der Waals surface area contributed by atoms with Crippen molar-refractivity contribution in [3.8, 4) is 22.8 Å². The van der Waals surface area contributed by atoms with Crippen molar-refractivity contribution in [2.75, 3.05) is 19.5 Å². The van der Waals surface area contributed by atoms with Crippen LogP contribution in [0, 0.1) is 0 Å². The molecule has 7 heteroatoms. The third kappa shape index (κ3) is 3.90. The number of halogens is 1. The molecule has 30 heavy (non-hydrogen) atoms. The highest BCUT2D eigenvalue weighted by molar-refractivity contribution is 6.31. The highest BCUT2D eigenvalue weighted by atomic mass is 35.5. The molecule has 2 aromatic carbocycles. The zero-order chi connectivity index (χ0) is 21.1. The van der Waals surface area contributed by atoms with Gasteiger partial charge in [0.2, 0.25) is 0 Å². The Morgan fingerprint density at radius 1 is 0.933 bits per heavy atom. The second-order valence-electron chi connectivity index (χ2n) is 6.48. The van der Waals surface area contributed by atoms with Crippen molar-refractivity contribution < 1.29 is 14.3 Å². The molecule has 4 rings (SSSR count). The van der Waals surface area contributed by atoms with E-state index in [2.05, 4.69) is 15.3 Å². The smallest absolute Gasteiger partial charge is 0.256 e. The van der Waals surface area contributed by atoms with Gasteiger partial charge in [0, 0.05) is 40.1 Å². The summed E-state index contributed by atoms with van der Waals surface area (Å²) < 4.78 is 10.6. The summed E-state index contributed by atoms with van der Waals surface area (Å²) in [7, 11) is 3.10. The number of rotatable bonds is 5. The topological polar surface area (TPSA) is 73.3 Å². The minimum absolute atomic E-state index is 0.285. The molecular weight excluding hydrogens is 402 g/mol. The van der Waals surface area contributed by atoms with E-state index in [4.69, 9.17) is 21.1 Å². The largest absolute Gasteiger partial charge is 0.493 e. The van der Waals surface area contributed by atoms with Gasteiger partial charge in [-0.15, -0.1) is 0 Å². The Hall–Kier alpha value is -3.64. The van der Waals surface area contributed by atoms with Gasteiger partial charge in [-0.25, -0.2) is 4.98 Å². The average Bonchev–Trinajstić information content (AvgIpc) is 2.78. The molecule has 0 aliphatic heterocycles. The Balaban J connectivity index is 1.78. The highest BCUT2D eigenvalue weighted by Gasteiger charge is 2.16. The van der Waals surface area contributed by atoms with E-state index in [0.717, 1.165) is 5.56 Å². The number of anilines is 1. The molecule has 150 valence electrons. The lowest BCUT2D eigenvalue weighted by Gasteiger charge is -2.13. The average molecular weight is 420 g/mol. The minimum atomic E-state index is -0.285. The van der Waals surface area contributed by atoms with Crippen molar-refractivity contribution in [1.29, 1.82) is 0 Å². The lowest BCUT2D eigenvalue weighted by Crippen LogP contribution is -2.13. The fraction of sp³-hybridized carbons (Fsp3) is 0.0870. The molecule has 1 N–H and O–H groups in total. The van der Waals surface area contributed by atoms with E-state index >= 15 is 0 Å². The summed E-state index contributed by atoms with van der Waals surface area (Å²) in [5, 5.41) is 4.11. The zero-order valence-corrected chi connectivity index (χ0v) is 17.1. The lowest BCUT2D eigenvalue weighted by molar-refractivity contribution is 0.102. The van der Waals surface area contributed by atoms with Crippen molar-refractivity contribution >= 4 is 34.1 Å². The van der Waals surface area contributed by atoms with E-state index < -0.39 is 0 Å². The monoisotopic (exact) mass is 419 g/mol. The molecule has 0 spiro atoms. The van der Waals surface area contributed by atoms with Gasteiger partial charge in [0.1, 0.15) is 0 Å². The Bertz CT molecular complexity index is 1230. The van der Waals surface area contributed by atoms with Crippen LogP contribution in [0.3, 0.4) is 0 Å². The third-order valence-electron chi connectivity index (χ3n) is 4.63. The number of pyridine rings is 2. The third-order valence-corrected chi connectivity index (χ3v) is 4.87. The van der Waals surface area contributed by atoms with Crippen LogP contribution in [0.5, 0.6) is 11.5 Å². The summed E-state index contributed by atoms with van der Waals surface area (Å²) >= 11 is 6.19. The predicted molar refractivity (Wildman–Crippen MR) is 117 cm³/mol. The molecule has 4 aromatic rings. The quantitative estimate of drug-likeness (QED) is 0.480. The van der Waals surface area contributed by atoms with Gasteiger partial charge in [0.05, 0.1) is 31.0 Å². The first kappa shape index (κ1) is 19.7. The van der Waals surface area contributed by atoms with Crippen LogP contribution in [0.2, 0.25) is 5.02 Å². The van der Waals surface area contributed by atoms with Gasteiger partial charge in [0.25, 0.3) is 5.91 Å². The Morgan fingerprint density at radius 2 is 1.70 bits per heavy atom. The van der Waals surface area contributed by atoms with Crippen LogP contribution in [-0.2, 0) is 0 Å². The van der Waals surface area contributed by atoms with Gasteiger partial charge >= 0.3 is 0 Å². The summed E-state index contributed by atoms with van der Waals surface area (Å²) in [6, 6.07) is 15.9. The number of nitrogens with zero attached hydrogens (tertiary/aromatic N) is 2. The van der Waals surface area contributed by atoms with E-state index in [9.17, 15) is 4.79 Å². The van der Waals surface area contributed by atoms with E-state index in [1.165, 1.54) is 0 Å². The van der Waals surface area contributed by atoms with Crippen molar-refractivity contribution in [1.82, 2.24) is 9.97 Å². The van der Waals surface area contributed by atoms with E-state index in [1.807, 2.05) is 12.1 Å². The summed E-state index contributed by atoms with van der Waals surface area (Å²) in [6.07, 6.45) is 3.37. The highest BCUT2D eigenvalue weighted by Crippen LogP contribution is 2.31. The lowest BCUT2D eigenvalue weighted by atomic mass is 10.0. The van der Waals surface area contributed by atoms with Crippen LogP contribution in [0.25, 0.3) is 22.2 Å². The van der Waals surface area contributed by atoms with Crippen LogP contribution in [0.15, 0.2) is 67.0 Å². The van der Waals surface area contributed by atoms with Crippen LogP contribution in [0.4, 0.5) is 5.69 Å². The number of amides is 1. The molecular formula is C23H18ClN3O3. The number of nitrogens with one attached hydrogen (secondary N) is 1. The molecule has 0 aliphatic rings. The molecule has 2 aromatic heterocycles. The Kier molecular flexibility index (Phi) is 5.50. The molecule has 1 amide bonds. The van der Waals surface area contributed by atoms with Crippen LogP contribution >= 0.6 is 11.6 Å². The van der Waals surface area contributed by atoms with Gasteiger partial charge in [-0.1, -0.05) is 11.6 Å². The standard InChI is InChI=1S/C23H18ClN3O3/c1-29-21-6-4-16(12-22(21)30-2)26-23(28)18-13-20(14-7-9-25-10-8-14)27-19-5-3-15(24)11-17(18)19/h3-13H,1-2H3,(H,26,28). The maximum absolute atomic E-state index is 13.2. The minimum Gasteiger partial charge on any atom is -0.493 e. The molecule has 0 radical (unpaired) electrons. The second kappa shape index (κ2) is 8.39. The Labute approximate surface area is 178 Å². The number of fused-ring (bicyclic) bond motifs is 1. The van der Waals surface area contributed by atoms with Crippen LogP contribution in [0.1, 0.15) is 10.4 Å². The van der Waals surface area contributed by atoms with Crippen molar-refractivity contribution in [2.24, 2.45) is 0 Å². The van der Waals surface area contributed by atoms with Gasteiger partial charge in [-0.3, -0.25) is 9.78 Å². The number of hydrogen-bond acceptors (Lipinski definition) is 5. The van der Waals surface area contributed by atoms with Crippen LogP contribution in [-0.4, -0.2) is 30.1 Å². The van der Waals surface area contributed by atoms with Gasteiger partial charge < -0.3 is 14.8 Å². The number of carbonyl (C=O) groups is 1. The SMILES string of the molecule is COc1ccc(NC(=O)c2cc(-c3ccncc3)nc3ccc(Cl)cc23)cc1OC. The van der Waals surface area contributed by atoms with Gasteiger partial charge in [-0.2, -0.15) is 0 Å². The van der Waals surface area contributed by atoms with E-state index in [0.29, 0.717) is 44.4 Å². The van der Waals surface area contributed by atoms with Crippen molar-refractivity contribution in [3.63, 3.8) is 0 Å². The molecule has 0 fully saturated rings. The molecule has 0 aliphatic carbocycles. The normalized spacial score (nSPS) is 10.6. The maximum Gasteiger partial charge on any atom is 0.256 e. The van der Waals surface area contributed by atoms with Crippen molar-refractivity contribution in [2.45, 2.75) is 0 Å². The molecule has 0 saturated carbocycles. The van der Waals surface area contributed by atoms with Crippen LogP contribution < -0.4 is 14.8 Å². The fourth-order valence-electron chi connectivity index (χ4n) is 3.17. The number of methoxy groups -OCH3 is 2. The molecule has 0 unspecified atom stereocenters. The first-order chi connectivity index (χ1) is 14.6. The predicted octanol–water partition coefficient (Wildman–Crippen LogP) is 5.22.